The second kappa shape index (κ2) is 6.00. The van der Waals surface area contributed by atoms with Gasteiger partial charge in [-0.1, -0.05) is 26.0 Å². The first kappa shape index (κ1) is 13.8. The molecule has 1 aromatic heterocycles. The number of fused-ring (bicyclic) bond motifs is 1. The monoisotopic (exact) mass is 258 g/mol. The number of carbonyl (C=O) groups is 1. The average Bonchev–Trinajstić information content (AvgIpc) is 2.67. The number of para-hydroxylation sites is 2. The van der Waals surface area contributed by atoms with E-state index in [9.17, 15) is 4.79 Å². The molecular weight excluding hydrogens is 236 g/mol. The van der Waals surface area contributed by atoms with Crippen LogP contribution in [-0.4, -0.2) is 15.3 Å². The maximum absolute atomic E-state index is 11.2. The topological polar surface area (TPSA) is 34.9 Å². The van der Waals surface area contributed by atoms with Gasteiger partial charge in [0.15, 0.2) is 0 Å². The average molecular weight is 258 g/mol. The Morgan fingerprint density at radius 1 is 1.37 bits per heavy atom. The van der Waals surface area contributed by atoms with Crippen LogP contribution in [0.25, 0.3) is 11.0 Å². The van der Waals surface area contributed by atoms with Crippen molar-refractivity contribution in [2.24, 2.45) is 5.92 Å². The highest BCUT2D eigenvalue weighted by Crippen LogP contribution is 2.20. The van der Waals surface area contributed by atoms with Gasteiger partial charge in [0.2, 0.25) is 0 Å². The Hall–Kier alpha value is -1.64. The van der Waals surface area contributed by atoms with Crippen LogP contribution in [0.5, 0.6) is 0 Å². The molecule has 0 amide bonds. The molecule has 2 rings (SSSR count). The number of carbonyl (C=O) groups excluding carboxylic acids is 1. The fourth-order valence-corrected chi connectivity index (χ4v) is 2.63. The number of rotatable bonds is 6. The van der Waals surface area contributed by atoms with E-state index in [0.717, 1.165) is 30.7 Å². The highest BCUT2D eigenvalue weighted by Gasteiger charge is 2.14. The van der Waals surface area contributed by atoms with Gasteiger partial charge in [-0.3, -0.25) is 0 Å². The van der Waals surface area contributed by atoms with Crippen molar-refractivity contribution in [1.82, 2.24) is 9.55 Å². The van der Waals surface area contributed by atoms with Gasteiger partial charge >= 0.3 is 0 Å². The van der Waals surface area contributed by atoms with E-state index in [-0.39, 0.29) is 5.78 Å². The van der Waals surface area contributed by atoms with Crippen molar-refractivity contribution in [2.45, 2.75) is 46.6 Å². The molecule has 0 aliphatic carbocycles. The van der Waals surface area contributed by atoms with Crippen molar-refractivity contribution in [3.05, 3.63) is 30.1 Å². The molecule has 0 aliphatic heterocycles. The third-order valence-electron chi connectivity index (χ3n) is 3.35. The van der Waals surface area contributed by atoms with Crippen LogP contribution in [0.1, 0.15) is 39.4 Å². The predicted molar refractivity (Wildman–Crippen MR) is 78.2 cm³/mol. The van der Waals surface area contributed by atoms with Crippen LogP contribution < -0.4 is 0 Å². The number of hydrogen-bond acceptors (Lipinski definition) is 2. The number of nitrogens with zero attached hydrogens (tertiary/aromatic N) is 2. The van der Waals surface area contributed by atoms with Gasteiger partial charge in [-0.2, -0.15) is 0 Å². The molecule has 0 N–H and O–H groups in total. The lowest BCUT2D eigenvalue weighted by atomic mass is 10.0. The summed E-state index contributed by atoms with van der Waals surface area (Å²) in [4.78, 5) is 15.9. The van der Waals surface area contributed by atoms with E-state index in [1.165, 1.54) is 5.52 Å². The molecule has 0 saturated carbocycles. The van der Waals surface area contributed by atoms with Crippen molar-refractivity contribution in [2.75, 3.05) is 0 Å². The first-order valence-electron chi connectivity index (χ1n) is 7.05. The Morgan fingerprint density at radius 2 is 2.11 bits per heavy atom. The normalized spacial score (nSPS) is 12.8. The summed E-state index contributed by atoms with van der Waals surface area (Å²) >= 11 is 0. The minimum absolute atomic E-state index is 0.255. The maximum Gasteiger partial charge on any atom is 0.130 e. The van der Waals surface area contributed by atoms with E-state index in [0.29, 0.717) is 12.3 Å². The molecule has 0 fully saturated rings. The third kappa shape index (κ3) is 3.22. The Balaban J connectivity index is 2.30. The fourth-order valence-electron chi connectivity index (χ4n) is 2.63. The molecule has 0 radical (unpaired) electrons. The highest BCUT2D eigenvalue weighted by atomic mass is 16.1. The van der Waals surface area contributed by atoms with E-state index in [4.69, 9.17) is 4.98 Å². The molecule has 0 spiro atoms. The van der Waals surface area contributed by atoms with Gasteiger partial charge in [0.05, 0.1) is 11.0 Å². The van der Waals surface area contributed by atoms with Crippen molar-refractivity contribution < 1.29 is 4.79 Å². The summed E-state index contributed by atoms with van der Waals surface area (Å²) in [6.45, 7) is 6.95. The molecule has 0 saturated heterocycles. The second-order valence-electron chi connectivity index (χ2n) is 5.38. The van der Waals surface area contributed by atoms with Crippen LogP contribution in [-0.2, 0) is 17.8 Å². The number of imidazole rings is 1. The Bertz CT molecular complexity index is 571. The molecule has 3 heteroatoms. The molecule has 1 heterocycles. The largest absolute Gasteiger partial charge is 0.328 e. The molecule has 19 heavy (non-hydrogen) atoms. The number of hydrogen-bond donors (Lipinski definition) is 0. The summed E-state index contributed by atoms with van der Waals surface area (Å²) in [5.41, 5.74) is 2.26. The molecule has 0 bridgehead atoms. The number of Topliss-reactive ketones (excluding diaryl/α,β-unsaturated/α-hetero) is 1. The summed E-state index contributed by atoms with van der Waals surface area (Å²) in [5, 5.41) is 0. The minimum Gasteiger partial charge on any atom is -0.328 e. The Morgan fingerprint density at radius 3 is 2.79 bits per heavy atom. The van der Waals surface area contributed by atoms with Gasteiger partial charge in [-0.15, -0.1) is 0 Å². The quantitative estimate of drug-likeness (QED) is 0.793. The van der Waals surface area contributed by atoms with Crippen LogP contribution >= 0.6 is 0 Å². The van der Waals surface area contributed by atoms with Crippen LogP contribution in [0.15, 0.2) is 24.3 Å². The van der Waals surface area contributed by atoms with Crippen molar-refractivity contribution in [3.8, 4) is 0 Å². The number of aromatic nitrogens is 2. The zero-order chi connectivity index (χ0) is 13.8. The van der Waals surface area contributed by atoms with Crippen LogP contribution in [0.4, 0.5) is 0 Å². The van der Waals surface area contributed by atoms with Gasteiger partial charge in [0.25, 0.3) is 0 Å². The smallest absolute Gasteiger partial charge is 0.130 e. The highest BCUT2D eigenvalue weighted by molar-refractivity contribution is 5.76. The maximum atomic E-state index is 11.2. The zero-order valence-electron chi connectivity index (χ0n) is 12.0. The Kier molecular flexibility index (Phi) is 4.35. The second-order valence-corrected chi connectivity index (χ2v) is 5.38. The number of ketones is 1. The predicted octanol–water partition coefficient (Wildman–Crippen LogP) is 3.60. The van der Waals surface area contributed by atoms with Crippen molar-refractivity contribution in [3.63, 3.8) is 0 Å². The minimum atomic E-state index is 0.255. The molecular formula is C16H22N2O. The molecule has 1 atom stereocenters. The number of benzene rings is 1. The summed E-state index contributed by atoms with van der Waals surface area (Å²) < 4.78 is 2.30. The summed E-state index contributed by atoms with van der Waals surface area (Å²) in [7, 11) is 0. The van der Waals surface area contributed by atoms with E-state index >= 15 is 0 Å². The van der Waals surface area contributed by atoms with Crippen molar-refractivity contribution in [1.29, 1.82) is 0 Å². The van der Waals surface area contributed by atoms with E-state index in [2.05, 4.69) is 36.6 Å². The van der Waals surface area contributed by atoms with E-state index in [1.54, 1.807) is 6.92 Å². The Labute approximate surface area is 114 Å². The number of aryl methyl sites for hydroxylation is 1. The summed E-state index contributed by atoms with van der Waals surface area (Å²) in [6, 6.07) is 8.26. The lowest BCUT2D eigenvalue weighted by Crippen LogP contribution is -2.10. The third-order valence-corrected chi connectivity index (χ3v) is 3.35. The molecule has 2 aromatic rings. The standard InChI is InChI=1S/C16H22N2O/c1-4-9-18-15-8-6-5-7-14(15)17-16(18)11-12(2)10-13(3)19/h5-8,12H,4,9-11H2,1-3H3. The van der Waals surface area contributed by atoms with Gasteiger partial charge in [-0.05, 0) is 31.4 Å². The lowest BCUT2D eigenvalue weighted by molar-refractivity contribution is -0.117. The van der Waals surface area contributed by atoms with Crippen LogP contribution in [0, 0.1) is 5.92 Å². The molecule has 0 aliphatic rings. The summed E-state index contributed by atoms with van der Waals surface area (Å²) in [5.74, 6) is 1.72. The first-order chi connectivity index (χ1) is 9.11. The van der Waals surface area contributed by atoms with Gasteiger partial charge in [-0.25, -0.2) is 4.98 Å². The zero-order valence-corrected chi connectivity index (χ0v) is 12.0. The molecule has 1 aromatic carbocycles. The first-order valence-corrected chi connectivity index (χ1v) is 7.05. The van der Waals surface area contributed by atoms with E-state index < -0.39 is 0 Å². The lowest BCUT2D eigenvalue weighted by Gasteiger charge is -2.11. The van der Waals surface area contributed by atoms with Gasteiger partial charge in [0, 0.05) is 19.4 Å². The van der Waals surface area contributed by atoms with Crippen LogP contribution in [0.3, 0.4) is 0 Å². The van der Waals surface area contributed by atoms with Crippen LogP contribution in [0.2, 0.25) is 0 Å². The van der Waals surface area contributed by atoms with Gasteiger partial charge in [0.1, 0.15) is 11.6 Å². The molecule has 102 valence electrons. The molecule has 3 nitrogen and oxygen atoms in total. The van der Waals surface area contributed by atoms with Crippen molar-refractivity contribution >= 4 is 16.8 Å². The summed E-state index contributed by atoms with van der Waals surface area (Å²) in [6.07, 6.45) is 2.60. The SMILES string of the molecule is CCCn1c(CC(C)CC(C)=O)nc2ccccc21. The van der Waals surface area contributed by atoms with Gasteiger partial charge < -0.3 is 9.36 Å². The fraction of sp³-hybridized carbons (Fsp3) is 0.500. The molecule has 1 unspecified atom stereocenters. The van der Waals surface area contributed by atoms with E-state index in [1.807, 2.05) is 6.07 Å².